The van der Waals surface area contributed by atoms with E-state index in [1.165, 1.54) is 11.8 Å². The number of methoxy groups -OCH3 is 1. The Morgan fingerprint density at radius 3 is 2.43 bits per heavy atom. The first-order valence-electron chi connectivity index (χ1n) is 7.16. The van der Waals surface area contributed by atoms with E-state index in [1.807, 2.05) is 6.92 Å². The van der Waals surface area contributed by atoms with E-state index in [1.54, 1.807) is 44.3 Å². The van der Waals surface area contributed by atoms with Crippen molar-refractivity contribution in [3.63, 3.8) is 0 Å². The van der Waals surface area contributed by atoms with Gasteiger partial charge in [-0.05, 0) is 38.1 Å². The van der Waals surface area contributed by atoms with Crippen molar-refractivity contribution in [1.29, 1.82) is 0 Å². The summed E-state index contributed by atoms with van der Waals surface area (Å²) >= 11 is 0. The second kappa shape index (κ2) is 7.06. The SMILES string of the molecule is CO[C@H](C)C(=O)Nc1cccc(NC(=O)c2cc(C)nn2C)c1. The number of aryl methyl sites for hydroxylation is 2. The van der Waals surface area contributed by atoms with Crippen molar-refractivity contribution in [3.05, 3.63) is 41.7 Å². The fraction of sp³-hybridized carbons (Fsp3) is 0.312. The Morgan fingerprint density at radius 1 is 1.22 bits per heavy atom. The molecule has 122 valence electrons. The number of anilines is 2. The van der Waals surface area contributed by atoms with Crippen LogP contribution in [0.25, 0.3) is 0 Å². The van der Waals surface area contributed by atoms with Crippen LogP contribution in [0.3, 0.4) is 0 Å². The van der Waals surface area contributed by atoms with Crippen molar-refractivity contribution in [1.82, 2.24) is 9.78 Å². The number of aromatic nitrogens is 2. The van der Waals surface area contributed by atoms with Gasteiger partial charge in [-0.1, -0.05) is 6.07 Å². The molecule has 0 bridgehead atoms. The van der Waals surface area contributed by atoms with Gasteiger partial charge >= 0.3 is 0 Å². The lowest BCUT2D eigenvalue weighted by Crippen LogP contribution is -2.26. The molecular formula is C16H20N4O3. The van der Waals surface area contributed by atoms with Crippen molar-refractivity contribution in [2.45, 2.75) is 20.0 Å². The smallest absolute Gasteiger partial charge is 0.273 e. The van der Waals surface area contributed by atoms with Crippen LogP contribution in [0.1, 0.15) is 23.1 Å². The van der Waals surface area contributed by atoms with Crippen LogP contribution in [0, 0.1) is 6.92 Å². The maximum atomic E-state index is 12.3. The summed E-state index contributed by atoms with van der Waals surface area (Å²) in [5.74, 6) is -0.514. The Balaban J connectivity index is 2.09. The van der Waals surface area contributed by atoms with E-state index in [0.717, 1.165) is 5.69 Å². The summed E-state index contributed by atoms with van der Waals surface area (Å²) in [5.41, 5.74) is 2.40. The van der Waals surface area contributed by atoms with Crippen molar-refractivity contribution in [3.8, 4) is 0 Å². The highest BCUT2D eigenvalue weighted by molar-refractivity contribution is 6.03. The van der Waals surface area contributed by atoms with E-state index in [-0.39, 0.29) is 11.8 Å². The zero-order chi connectivity index (χ0) is 17.0. The highest BCUT2D eigenvalue weighted by atomic mass is 16.5. The molecule has 0 spiro atoms. The van der Waals surface area contributed by atoms with Crippen molar-refractivity contribution >= 4 is 23.2 Å². The van der Waals surface area contributed by atoms with Crippen LogP contribution in [0.5, 0.6) is 0 Å². The predicted molar refractivity (Wildman–Crippen MR) is 87.4 cm³/mol. The normalized spacial score (nSPS) is 11.8. The second-order valence-corrected chi connectivity index (χ2v) is 5.20. The van der Waals surface area contributed by atoms with Gasteiger partial charge in [0.1, 0.15) is 11.8 Å². The van der Waals surface area contributed by atoms with Gasteiger partial charge in [-0.2, -0.15) is 5.10 Å². The highest BCUT2D eigenvalue weighted by Gasteiger charge is 2.14. The molecule has 0 aliphatic carbocycles. The summed E-state index contributed by atoms with van der Waals surface area (Å²) in [4.78, 5) is 24.1. The molecule has 0 radical (unpaired) electrons. The first-order valence-corrected chi connectivity index (χ1v) is 7.16. The maximum absolute atomic E-state index is 12.3. The second-order valence-electron chi connectivity index (χ2n) is 5.20. The first-order chi connectivity index (χ1) is 10.9. The maximum Gasteiger partial charge on any atom is 0.273 e. The quantitative estimate of drug-likeness (QED) is 0.883. The number of hydrogen-bond acceptors (Lipinski definition) is 4. The van der Waals surface area contributed by atoms with Gasteiger partial charge < -0.3 is 15.4 Å². The molecule has 7 heteroatoms. The molecule has 1 atom stereocenters. The third-order valence-corrected chi connectivity index (χ3v) is 3.35. The van der Waals surface area contributed by atoms with Crippen LogP contribution in [0.4, 0.5) is 11.4 Å². The summed E-state index contributed by atoms with van der Waals surface area (Å²) in [6.45, 7) is 3.48. The Labute approximate surface area is 134 Å². The fourth-order valence-electron chi connectivity index (χ4n) is 2.04. The van der Waals surface area contributed by atoms with Crippen LogP contribution in [0.2, 0.25) is 0 Å². The zero-order valence-electron chi connectivity index (χ0n) is 13.6. The molecule has 0 saturated heterocycles. The molecule has 0 aliphatic rings. The third kappa shape index (κ3) is 4.17. The molecule has 1 aromatic heterocycles. The van der Waals surface area contributed by atoms with E-state index >= 15 is 0 Å². The largest absolute Gasteiger partial charge is 0.372 e. The zero-order valence-corrected chi connectivity index (χ0v) is 13.6. The molecule has 23 heavy (non-hydrogen) atoms. The molecule has 2 amide bonds. The number of benzene rings is 1. The van der Waals surface area contributed by atoms with Gasteiger partial charge in [0, 0.05) is 25.5 Å². The van der Waals surface area contributed by atoms with Crippen LogP contribution >= 0.6 is 0 Å². The Morgan fingerprint density at radius 2 is 1.87 bits per heavy atom. The number of nitrogens with one attached hydrogen (secondary N) is 2. The predicted octanol–water partition coefficient (Wildman–Crippen LogP) is 1.95. The summed E-state index contributed by atoms with van der Waals surface area (Å²) in [6.07, 6.45) is -0.550. The van der Waals surface area contributed by atoms with E-state index < -0.39 is 6.10 Å². The van der Waals surface area contributed by atoms with Gasteiger partial charge in [0.15, 0.2) is 0 Å². The molecule has 1 heterocycles. The van der Waals surface area contributed by atoms with E-state index in [0.29, 0.717) is 17.1 Å². The van der Waals surface area contributed by atoms with Crippen molar-refractivity contribution in [2.75, 3.05) is 17.7 Å². The molecule has 2 N–H and O–H groups in total. The number of rotatable bonds is 5. The number of carbonyl (C=O) groups is 2. The third-order valence-electron chi connectivity index (χ3n) is 3.35. The summed E-state index contributed by atoms with van der Waals surface area (Å²) in [7, 11) is 3.18. The molecule has 2 aromatic rings. The van der Waals surface area contributed by atoms with Crippen molar-refractivity contribution < 1.29 is 14.3 Å². The molecule has 0 saturated carbocycles. The Hall–Kier alpha value is -2.67. The lowest BCUT2D eigenvalue weighted by Gasteiger charge is -2.12. The highest BCUT2D eigenvalue weighted by Crippen LogP contribution is 2.16. The van der Waals surface area contributed by atoms with E-state index in [4.69, 9.17) is 4.74 Å². The number of ether oxygens (including phenoxy) is 1. The van der Waals surface area contributed by atoms with E-state index in [2.05, 4.69) is 15.7 Å². The van der Waals surface area contributed by atoms with Crippen LogP contribution in [-0.2, 0) is 16.6 Å². The molecule has 0 fully saturated rings. The monoisotopic (exact) mass is 316 g/mol. The fourth-order valence-corrected chi connectivity index (χ4v) is 2.04. The Kier molecular flexibility index (Phi) is 5.13. The minimum Gasteiger partial charge on any atom is -0.372 e. The van der Waals surface area contributed by atoms with E-state index in [9.17, 15) is 9.59 Å². The molecule has 0 unspecified atom stereocenters. The Bertz CT molecular complexity index is 724. The number of hydrogen-bond donors (Lipinski definition) is 2. The minimum atomic E-state index is -0.550. The van der Waals surface area contributed by atoms with Crippen LogP contribution in [0.15, 0.2) is 30.3 Å². The minimum absolute atomic E-state index is 0.252. The lowest BCUT2D eigenvalue weighted by molar-refractivity contribution is -0.124. The topological polar surface area (TPSA) is 85.2 Å². The average molecular weight is 316 g/mol. The number of amides is 2. The van der Waals surface area contributed by atoms with Gasteiger partial charge in [0.2, 0.25) is 0 Å². The number of carbonyl (C=O) groups excluding carboxylic acids is 2. The first kappa shape index (κ1) is 16.7. The molecule has 7 nitrogen and oxygen atoms in total. The standard InChI is InChI=1S/C16H20N4O3/c1-10-8-14(20(3)19-10)16(22)18-13-7-5-6-12(9-13)17-15(21)11(2)23-4/h5-9,11H,1-4H3,(H,17,21)(H,18,22)/t11-/m1/s1. The van der Waals surface area contributed by atoms with Gasteiger partial charge in [-0.3, -0.25) is 14.3 Å². The molecular weight excluding hydrogens is 296 g/mol. The van der Waals surface area contributed by atoms with Gasteiger partial charge in [0.05, 0.1) is 5.69 Å². The van der Waals surface area contributed by atoms with Crippen LogP contribution in [-0.4, -0.2) is 34.8 Å². The lowest BCUT2D eigenvalue weighted by atomic mass is 10.2. The van der Waals surface area contributed by atoms with Crippen molar-refractivity contribution in [2.24, 2.45) is 7.05 Å². The number of nitrogens with zero attached hydrogens (tertiary/aromatic N) is 2. The van der Waals surface area contributed by atoms with Gasteiger partial charge in [-0.25, -0.2) is 0 Å². The molecule has 1 aromatic carbocycles. The molecule has 0 aliphatic heterocycles. The average Bonchev–Trinajstić information content (AvgIpc) is 2.85. The van der Waals surface area contributed by atoms with Gasteiger partial charge in [0.25, 0.3) is 11.8 Å². The van der Waals surface area contributed by atoms with Crippen LogP contribution < -0.4 is 10.6 Å². The van der Waals surface area contributed by atoms with Gasteiger partial charge in [-0.15, -0.1) is 0 Å². The summed E-state index contributed by atoms with van der Waals surface area (Å²) < 4.78 is 6.49. The molecule has 2 rings (SSSR count). The summed E-state index contributed by atoms with van der Waals surface area (Å²) in [5, 5.41) is 9.66. The summed E-state index contributed by atoms with van der Waals surface area (Å²) in [6, 6.07) is 8.63.